The molecule has 3 aliphatic rings. The van der Waals surface area contributed by atoms with Crippen LogP contribution in [0, 0.1) is 11.8 Å². The zero-order valence-electron chi connectivity index (χ0n) is 20.8. The number of rotatable bonds is 4. The number of carbonyl (C=O) groups excluding carboxylic acids is 4. The summed E-state index contributed by atoms with van der Waals surface area (Å²) in [6.07, 6.45) is 2.33. The number of fused-ring (bicyclic) bond motifs is 5. The SMILES string of the molecule is CC(=O)c1ccc(N2C(=O)[C@@H]3[C@H](Cc4c[nH]c5ccccc45)N[C@]4(C(=O)Nc5c(Cl)cccc54)[C@@H]3C2=O)cc1. The Morgan fingerprint density at radius 2 is 1.74 bits per heavy atom. The maximum Gasteiger partial charge on any atom is 0.250 e. The summed E-state index contributed by atoms with van der Waals surface area (Å²) < 4.78 is 0. The summed E-state index contributed by atoms with van der Waals surface area (Å²) in [6.45, 7) is 1.46. The first-order valence-corrected chi connectivity index (χ1v) is 13.1. The summed E-state index contributed by atoms with van der Waals surface area (Å²) in [5.74, 6) is -3.13. The third-order valence-corrected chi connectivity index (χ3v) is 8.66. The Morgan fingerprint density at radius 3 is 2.51 bits per heavy atom. The number of hydrogen-bond donors (Lipinski definition) is 3. The summed E-state index contributed by atoms with van der Waals surface area (Å²) in [4.78, 5) is 58.2. The number of carbonyl (C=O) groups is 4. The van der Waals surface area contributed by atoms with Crippen LogP contribution in [0.2, 0.25) is 5.02 Å². The molecule has 8 nitrogen and oxygen atoms in total. The molecular formula is C30H23ClN4O4. The van der Waals surface area contributed by atoms with Crippen LogP contribution in [-0.2, 0) is 26.3 Å². The molecule has 1 aromatic heterocycles. The Labute approximate surface area is 228 Å². The zero-order chi connectivity index (χ0) is 27.1. The second-order valence-electron chi connectivity index (χ2n) is 10.4. The smallest absolute Gasteiger partial charge is 0.250 e. The largest absolute Gasteiger partial charge is 0.361 e. The van der Waals surface area contributed by atoms with Gasteiger partial charge in [0.05, 0.1) is 28.2 Å². The maximum absolute atomic E-state index is 14.2. The number of Topliss-reactive ketones (excluding diaryl/α,β-unsaturated/α-hetero) is 1. The highest BCUT2D eigenvalue weighted by Gasteiger charge is 2.70. The van der Waals surface area contributed by atoms with E-state index in [1.54, 1.807) is 42.5 Å². The van der Waals surface area contributed by atoms with E-state index in [4.69, 9.17) is 11.6 Å². The Morgan fingerprint density at radius 1 is 0.974 bits per heavy atom. The molecule has 7 rings (SSSR count). The number of anilines is 2. The van der Waals surface area contributed by atoms with E-state index in [-0.39, 0.29) is 11.7 Å². The summed E-state index contributed by atoms with van der Waals surface area (Å²) in [5.41, 5.74) is 2.35. The van der Waals surface area contributed by atoms with Gasteiger partial charge in [0.15, 0.2) is 5.78 Å². The second-order valence-corrected chi connectivity index (χ2v) is 10.8. The number of nitrogens with zero attached hydrogens (tertiary/aromatic N) is 1. The molecule has 2 saturated heterocycles. The van der Waals surface area contributed by atoms with E-state index in [1.807, 2.05) is 30.5 Å². The molecule has 4 heterocycles. The molecular weight excluding hydrogens is 516 g/mol. The van der Waals surface area contributed by atoms with Crippen LogP contribution in [0.25, 0.3) is 10.9 Å². The van der Waals surface area contributed by atoms with Crippen LogP contribution in [0.3, 0.4) is 0 Å². The van der Waals surface area contributed by atoms with E-state index in [0.29, 0.717) is 33.9 Å². The fourth-order valence-corrected chi connectivity index (χ4v) is 6.83. The highest BCUT2D eigenvalue weighted by atomic mass is 35.5. The van der Waals surface area contributed by atoms with Crippen LogP contribution in [-0.4, -0.2) is 34.5 Å². The monoisotopic (exact) mass is 538 g/mol. The quantitative estimate of drug-likeness (QED) is 0.266. The number of benzene rings is 3. The number of aromatic nitrogens is 1. The molecule has 194 valence electrons. The minimum atomic E-state index is -1.46. The summed E-state index contributed by atoms with van der Waals surface area (Å²) in [5, 5.41) is 7.72. The highest BCUT2D eigenvalue weighted by Crippen LogP contribution is 2.55. The first-order valence-electron chi connectivity index (χ1n) is 12.7. The molecule has 9 heteroatoms. The van der Waals surface area contributed by atoms with E-state index >= 15 is 0 Å². The number of halogens is 1. The zero-order valence-corrected chi connectivity index (χ0v) is 21.6. The predicted molar refractivity (Wildman–Crippen MR) is 147 cm³/mol. The molecule has 0 radical (unpaired) electrons. The van der Waals surface area contributed by atoms with Crippen LogP contribution < -0.4 is 15.5 Å². The Hall–Kier alpha value is -4.27. The number of ketones is 1. The summed E-state index contributed by atoms with van der Waals surface area (Å²) in [6, 6.07) is 19.0. The average molecular weight is 539 g/mol. The van der Waals surface area contributed by atoms with Gasteiger partial charge in [0, 0.05) is 34.3 Å². The van der Waals surface area contributed by atoms with Gasteiger partial charge in [-0.05, 0) is 55.3 Å². The molecule has 3 amide bonds. The standard InChI is InChI=1S/C30H23ClN4O4/c1-15(36)16-9-11-18(12-10-16)35-27(37)24-23(13-17-14-32-22-8-3-2-5-19(17)22)34-30(25(24)28(35)38)20-6-4-7-21(31)26(20)33-29(30)39/h2-12,14,23-25,32,34H,13H2,1H3,(H,33,39)/t23-,24+,25-,30-/m0/s1. The van der Waals surface area contributed by atoms with Gasteiger partial charge in [-0.1, -0.05) is 41.9 Å². The first kappa shape index (κ1) is 23.8. The van der Waals surface area contributed by atoms with Crippen molar-refractivity contribution in [2.45, 2.75) is 24.9 Å². The Kier molecular flexibility index (Phi) is 5.11. The number of hydrogen-bond acceptors (Lipinski definition) is 5. The van der Waals surface area contributed by atoms with Crippen molar-refractivity contribution in [1.29, 1.82) is 0 Å². The number of imide groups is 1. The average Bonchev–Trinajstić information content (AvgIpc) is 3.64. The van der Waals surface area contributed by atoms with Gasteiger partial charge in [0.25, 0.3) is 0 Å². The molecule has 3 aromatic carbocycles. The highest BCUT2D eigenvalue weighted by molar-refractivity contribution is 6.35. The minimum Gasteiger partial charge on any atom is -0.361 e. The molecule has 4 atom stereocenters. The van der Waals surface area contributed by atoms with Crippen molar-refractivity contribution in [2.75, 3.05) is 10.2 Å². The van der Waals surface area contributed by atoms with Crippen molar-refractivity contribution >= 4 is 57.4 Å². The molecule has 0 saturated carbocycles. The lowest BCUT2D eigenvalue weighted by Crippen LogP contribution is -2.53. The first-order chi connectivity index (χ1) is 18.8. The normalized spacial score (nSPS) is 25.4. The number of amides is 3. The van der Waals surface area contributed by atoms with E-state index in [1.165, 1.54) is 11.8 Å². The lowest BCUT2D eigenvalue weighted by molar-refractivity contribution is -0.130. The van der Waals surface area contributed by atoms with Crippen molar-refractivity contribution in [3.63, 3.8) is 0 Å². The van der Waals surface area contributed by atoms with Crippen LogP contribution >= 0.6 is 11.6 Å². The summed E-state index contributed by atoms with van der Waals surface area (Å²) in [7, 11) is 0. The lowest BCUT2D eigenvalue weighted by atomic mass is 9.76. The fraction of sp³-hybridized carbons (Fsp3) is 0.200. The lowest BCUT2D eigenvalue weighted by Gasteiger charge is -2.29. The van der Waals surface area contributed by atoms with Crippen LogP contribution in [0.4, 0.5) is 11.4 Å². The molecule has 3 aliphatic heterocycles. The number of H-pyrrole nitrogens is 1. The molecule has 0 aliphatic carbocycles. The van der Waals surface area contributed by atoms with Crippen LogP contribution in [0.1, 0.15) is 28.4 Å². The number of para-hydroxylation sites is 2. The van der Waals surface area contributed by atoms with Crippen LogP contribution in [0.5, 0.6) is 0 Å². The Balaban J connectivity index is 1.37. The second kappa shape index (κ2) is 8.36. The van der Waals surface area contributed by atoms with Gasteiger partial charge in [0.2, 0.25) is 17.7 Å². The van der Waals surface area contributed by atoms with Gasteiger partial charge >= 0.3 is 0 Å². The number of nitrogens with one attached hydrogen (secondary N) is 3. The third kappa shape index (κ3) is 3.22. The minimum absolute atomic E-state index is 0.115. The fourth-order valence-electron chi connectivity index (χ4n) is 6.61. The van der Waals surface area contributed by atoms with Gasteiger partial charge in [-0.2, -0.15) is 0 Å². The number of aromatic amines is 1. The molecule has 4 aromatic rings. The van der Waals surface area contributed by atoms with Gasteiger partial charge in [-0.3, -0.25) is 24.5 Å². The van der Waals surface area contributed by atoms with Crippen LogP contribution in [0.15, 0.2) is 72.9 Å². The molecule has 0 bridgehead atoms. The summed E-state index contributed by atoms with van der Waals surface area (Å²) >= 11 is 6.45. The maximum atomic E-state index is 14.2. The third-order valence-electron chi connectivity index (χ3n) is 8.35. The van der Waals surface area contributed by atoms with Crippen molar-refractivity contribution in [3.05, 3.63) is 94.6 Å². The van der Waals surface area contributed by atoms with Gasteiger partial charge in [0.1, 0.15) is 5.54 Å². The molecule has 0 unspecified atom stereocenters. The molecule has 1 spiro atoms. The van der Waals surface area contributed by atoms with Crippen molar-refractivity contribution in [1.82, 2.24) is 10.3 Å². The van der Waals surface area contributed by atoms with Gasteiger partial charge in [-0.15, -0.1) is 0 Å². The molecule has 2 fully saturated rings. The van der Waals surface area contributed by atoms with Gasteiger partial charge < -0.3 is 10.3 Å². The van der Waals surface area contributed by atoms with E-state index < -0.39 is 35.2 Å². The van der Waals surface area contributed by atoms with Crippen molar-refractivity contribution in [3.8, 4) is 0 Å². The van der Waals surface area contributed by atoms with E-state index in [9.17, 15) is 19.2 Å². The molecule has 3 N–H and O–H groups in total. The van der Waals surface area contributed by atoms with Gasteiger partial charge in [-0.25, -0.2) is 4.90 Å². The molecule has 39 heavy (non-hydrogen) atoms. The van der Waals surface area contributed by atoms with E-state index in [2.05, 4.69) is 15.6 Å². The topological polar surface area (TPSA) is 111 Å². The van der Waals surface area contributed by atoms with E-state index in [0.717, 1.165) is 16.5 Å². The van der Waals surface area contributed by atoms with Crippen molar-refractivity contribution in [2.24, 2.45) is 11.8 Å². The predicted octanol–water partition coefficient (Wildman–Crippen LogP) is 4.19. The Bertz CT molecular complexity index is 1730. The van der Waals surface area contributed by atoms with Crippen molar-refractivity contribution < 1.29 is 19.2 Å².